The molecule has 2 nitrogen and oxygen atoms in total. The molecule has 0 aliphatic carbocycles. The first-order valence-corrected chi connectivity index (χ1v) is 13.9. The van der Waals surface area contributed by atoms with E-state index in [0.717, 1.165) is 10.6 Å². The molecule has 5 heterocycles. The summed E-state index contributed by atoms with van der Waals surface area (Å²) < 4.78 is 9.37. The number of rotatable bonds is 1. The number of fused-ring (bicyclic) bond motifs is 2. The van der Waals surface area contributed by atoms with Crippen LogP contribution in [0, 0.1) is 0 Å². The molecule has 0 N–H and O–H groups in total. The number of hydrogen-bond donors (Lipinski definition) is 0. The van der Waals surface area contributed by atoms with Crippen molar-refractivity contribution < 1.29 is 0 Å². The van der Waals surface area contributed by atoms with E-state index >= 15 is 0 Å². The quantitative estimate of drug-likeness (QED) is 0.365. The van der Waals surface area contributed by atoms with E-state index in [1.807, 2.05) is 76.6 Å². The highest BCUT2D eigenvalue weighted by Gasteiger charge is 2.31. The van der Waals surface area contributed by atoms with Crippen molar-refractivity contribution in [2.45, 2.75) is 9.79 Å². The van der Waals surface area contributed by atoms with E-state index in [9.17, 15) is 0 Å². The minimum absolute atomic E-state index is 1.05. The molecule has 0 radical (unpaired) electrons. The van der Waals surface area contributed by atoms with Gasteiger partial charge in [-0.05, 0) is 12.1 Å². The van der Waals surface area contributed by atoms with Crippen molar-refractivity contribution in [1.82, 2.24) is 9.55 Å². The third kappa shape index (κ3) is 2.91. The topological polar surface area (TPSA) is 17.8 Å². The molecule has 0 atom stereocenters. The van der Waals surface area contributed by atoms with Crippen LogP contribution in [0.25, 0.3) is 15.3 Å². The lowest BCUT2D eigenvalue weighted by Gasteiger charge is -2.08. The SMILES string of the molecule is c1ccc2sc(-n3cc4c(c3)SC(=C3SC5=C(SCCS5)S3)S4)nc2c1. The van der Waals surface area contributed by atoms with E-state index in [2.05, 4.69) is 35.2 Å². The lowest BCUT2D eigenvalue weighted by atomic mass is 10.3. The Morgan fingerprint density at radius 2 is 1.42 bits per heavy atom. The fourth-order valence-electron chi connectivity index (χ4n) is 2.76. The summed E-state index contributed by atoms with van der Waals surface area (Å²) in [6.45, 7) is 0. The van der Waals surface area contributed by atoms with Gasteiger partial charge in [0, 0.05) is 33.7 Å². The summed E-state index contributed by atoms with van der Waals surface area (Å²) >= 11 is 13.6. The minimum atomic E-state index is 1.05. The molecule has 3 aliphatic heterocycles. The van der Waals surface area contributed by atoms with Crippen LogP contribution in [0.2, 0.25) is 0 Å². The second-order valence-electron chi connectivity index (χ2n) is 5.61. The number of thiazole rings is 1. The highest BCUT2D eigenvalue weighted by Crippen LogP contribution is 2.65. The van der Waals surface area contributed by atoms with Gasteiger partial charge in [-0.3, -0.25) is 4.57 Å². The Bertz CT molecular complexity index is 1030. The second kappa shape index (κ2) is 6.79. The molecule has 0 fully saturated rings. The molecule has 130 valence electrons. The van der Waals surface area contributed by atoms with Gasteiger partial charge in [-0.2, -0.15) is 0 Å². The third-order valence-corrected chi connectivity index (χ3v) is 13.8. The van der Waals surface area contributed by atoms with Crippen LogP contribution in [0.4, 0.5) is 0 Å². The van der Waals surface area contributed by atoms with E-state index in [1.165, 1.54) is 42.9 Å². The first-order chi connectivity index (χ1) is 12.8. The fourth-order valence-corrected chi connectivity index (χ4v) is 12.4. The average Bonchev–Trinajstić information content (AvgIpc) is 3.40. The molecular formula is C17H10N2S7. The average molecular weight is 467 g/mol. The Labute approximate surface area is 180 Å². The van der Waals surface area contributed by atoms with E-state index in [-0.39, 0.29) is 0 Å². The summed E-state index contributed by atoms with van der Waals surface area (Å²) in [5.41, 5.74) is 1.08. The van der Waals surface area contributed by atoms with Gasteiger partial charge in [-0.25, -0.2) is 4.98 Å². The van der Waals surface area contributed by atoms with Crippen LogP contribution in [0.15, 0.2) is 63.4 Å². The first-order valence-electron chi connectivity index (χ1n) is 7.87. The highest BCUT2D eigenvalue weighted by molar-refractivity contribution is 8.42. The van der Waals surface area contributed by atoms with Crippen molar-refractivity contribution in [1.29, 1.82) is 0 Å². The Morgan fingerprint density at radius 1 is 0.769 bits per heavy atom. The summed E-state index contributed by atoms with van der Waals surface area (Å²) in [6.07, 6.45) is 4.47. The largest absolute Gasteiger partial charge is 0.298 e. The Kier molecular flexibility index (Phi) is 4.41. The van der Waals surface area contributed by atoms with Crippen LogP contribution in [0.5, 0.6) is 0 Å². The normalized spacial score (nSPS) is 19.5. The molecule has 6 rings (SSSR count). The maximum Gasteiger partial charge on any atom is 0.194 e. The van der Waals surface area contributed by atoms with Crippen LogP contribution >= 0.6 is 81.9 Å². The van der Waals surface area contributed by atoms with E-state index < -0.39 is 0 Å². The standard InChI is InChI=1S/C17H10N2S7/c1-2-4-10-9(3-1)18-17(24-10)19-7-11-12(8-19)23-15(22-11)16-25-13-14(26-16)21-6-5-20-13/h1-4,7-8H,5-6H2. The summed E-state index contributed by atoms with van der Waals surface area (Å²) in [5, 5.41) is 1.05. The van der Waals surface area contributed by atoms with Crippen LogP contribution in [-0.4, -0.2) is 21.1 Å². The Balaban J connectivity index is 1.28. The van der Waals surface area contributed by atoms with Crippen LogP contribution in [0.1, 0.15) is 0 Å². The van der Waals surface area contributed by atoms with Gasteiger partial charge in [0.2, 0.25) is 0 Å². The van der Waals surface area contributed by atoms with Crippen molar-refractivity contribution in [3.63, 3.8) is 0 Å². The Hall–Kier alpha value is -0.0300. The number of benzene rings is 1. The molecule has 0 bridgehead atoms. The molecule has 26 heavy (non-hydrogen) atoms. The van der Waals surface area contributed by atoms with Gasteiger partial charge in [-0.1, -0.05) is 70.5 Å². The van der Waals surface area contributed by atoms with Gasteiger partial charge in [0.15, 0.2) is 5.13 Å². The summed E-state index contributed by atoms with van der Waals surface area (Å²) in [6, 6.07) is 8.34. The summed E-state index contributed by atoms with van der Waals surface area (Å²) in [4.78, 5) is 7.47. The van der Waals surface area contributed by atoms with E-state index in [0.29, 0.717) is 0 Å². The predicted octanol–water partition coefficient (Wildman–Crippen LogP) is 7.50. The summed E-state index contributed by atoms with van der Waals surface area (Å²) in [7, 11) is 0. The van der Waals surface area contributed by atoms with Crippen LogP contribution < -0.4 is 0 Å². The molecule has 3 aromatic rings. The van der Waals surface area contributed by atoms with Gasteiger partial charge in [-0.15, -0.1) is 23.5 Å². The number of nitrogens with zero attached hydrogens (tertiary/aromatic N) is 2. The number of hydrogen-bond acceptors (Lipinski definition) is 8. The number of para-hydroxylation sites is 1. The highest BCUT2D eigenvalue weighted by atomic mass is 32.3. The lowest BCUT2D eigenvalue weighted by molar-refractivity contribution is 1.05. The van der Waals surface area contributed by atoms with Gasteiger partial charge in [0.1, 0.15) is 0 Å². The molecule has 0 amide bonds. The molecule has 2 aromatic heterocycles. The molecule has 9 heteroatoms. The van der Waals surface area contributed by atoms with Crippen molar-refractivity contribution in [3.8, 4) is 5.13 Å². The zero-order valence-electron chi connectivity index (χ0n) is 13.1. The molecular weight excluding hydrogens is 457 g/mol. The molecule has 0 saturated heterocycles. The van der Waals surface area contributed by atoms with E-state index in [4.69, 9.17) is 4.98 Å². The van der Waals surface area contributed by atoms with Crippen LogP contribution in [0.3, 0.4) is 0 Å². The molecule has 1 aromatic carbocycles. The molecule has 0 spiro atoms. The lowest BCUT2D eigenvalue weighted by Crippen LogP contribution is -1.88. The monoisotopic (exact) mass is 466 g/mol. The van der Waals surface area contributed by atoms with Crippen molar-refractivity contribution in [2.75, 3.05) is 11.5 Å². The van der Waals surface area contributed by atoms with Crippen molar-refractivity contribution >= 4 is 92.1 Å². The van der Waals surface area contributed by atoms with E-state index in [1.54, 1.807) is 11.3 Å². The zero-order valence-corrected chi connectivity index (χ0v) is 18.8. The number of aromatic nitrogens is 2. The van der Waals surface area contributed by atoms with Gasteiger partial charge in [0.25, 0.3) is 0 Å². The summed E-state index contributed by atoms with van der Waals surface area (Å²) in [5.74, 6) is 2.49. The second-order valence-corrected chi connectivity index (χ2v) is 14.0. The van der Waals surface area contributed by atoms with Gasteiger partial charge >= 0.3 is 0 Å². The first kappa shape index (κ1) is 16.9. The molecule has 0 unspecified atom stereocenters. The maximum absolute atomic E-state index is 4.77. The fraction of sp³-hybridized carbons (Fsp3) is 0.118. The zero-order chi connectivity index (χ0) is 17.1. The van der Waals surface area contributed by atoms with Crippen molar-refractivity contribution in [2.24, 2.45) is 0 Å². The van der Waals surface area contributed by atoms with Gasteiger partial charge in [0.05, 0.1) is 27.2 Å². The molecule has 3 aliphatic rings. The Morgan fingerprint density at radius 3 is 2.12 bits per heavy atom. The predicted molar refractivity (Wildman–Crippen MR) is 125 cm³/mol. The maximum atomic E-state index is 4.77. The van der Waals surface area contributed by atoms with Crippen molar-refractivity contribution in [3.05, 3.63) is 53.6 Å². The van der Waals surface area contributed by atoms with Crippen LogP contribution in [-0.2, 0) is 0 Å². The van der Waals surface area contributed by atoms with Gasteiger partial charge < -0.3 is 0 Å². The third-order valence-electron chi connectivity index (χ3n) is 3.92. The minimum Gasteiger partial charge on any atom is -0.298 e. The molecule has 0 saturated carbocycles. The number of thioether (sulfide) groups is 6. The smallest absolute Gasteiger partial charge is 0.194 e.